The van der Waals surface area contributed by atoms with Crippen molar-refractivity contribution < 1.29 is 9.53 Å². The molecule has 0 bridgehead atoms. The van der Waals surface area contributed by atoms with Crippen LogP contribution in [0.5, 0.6) is 5.75 Å². The predicted molar refractivity (Wildman–Crippen MR) is 96.9 cm³/mol. The second-order valence-corrected chi connectivity index (χ2v) is 5.82. The molecule has 25 heavy (non-hydrogen) atoms. The van der Waals surface area contributed by atoms with Gasteiger partial charge in [-0.1, -0.05) is 24.3 Å². The molecule has 0 saturated heterocycles. The third-order valence-electron chi connectivity index (χ3n) is 4.16. The molecule has 0 atom stereocenters. The lowest BCUT2D eigenvalue weighted by atomic mass is 10.1. The van der Waals surface area contributed by atoms with Gasteiger partial charge < -0.3 is 14.5 Å². The Hall–Kier alpha value is -3.34. The molecule has 0 spiro atoms. The fourth-order valence-corrected chi connectivity index (χ4v) is 2.83. The van der Waals surface area contributed by atoms with E-state index < -0.39 is 0 Å². The van der Waals surface area contributed by atoms with Crippen LogP contribution in [0.25, 0.3) is 16.4 Å². The van der Waals surface area contributed by atoms with Crippen LogP contribution in [0.4, 0.5) is 0 Å². The van der Waals surface area contributed by atoms with Crippen molar-refractivity contribution in [1.29, 1.82) is 0 Å². The molecule has 0 radical (unpaired) electrons. The van der Waals surface area contributed by atoms with Gasteiger partial charge in [0.05, 0.1) is 7.11 Å². The second-order valence-electron chi connectivity index (χ2n) is 5.82. The molecule has 5 nitrogen and oxygen atoms in total. The summed E-state index contributed by atoms with van der Waals surface area (Å²) in [5.74, 6) is 0.652. The van der Waals surface area contributed by atoms with E-state index in [-0.39, 0.29) is 5.91 Å². The Labute approximate surface area is 144 Å². The summed E-state index contributed by atoms with van der Waals surface area (Å²) < 4.78 is 7.07. The number of rotatable bonds is 4. The molecule has 124 valence electrons. The molecule has 4 rings (SSSR count). The molecule has 5 heteroatoms. The van der Waals surface area contributed by atoms with Crippen molar-refractivity contribution in [1.82, 2.24) is 14.7 Å². The minimum atomic E-state index is -0.182. The Kier molecular flexibility index (Phi) is 3.82. The number of nitrogens with one attached hydrogen (secondary N) is 1. The Morgan fingerprint density at radius 3 is 2.80 bits per heavy atom. The Bertz CT molecular complexity index is 1040. The molecule has 2 aromatic heterocycles. The van der Waals surface area contributed by atoms with Crippen LogP contribution in [0.15, 0.2) is 67.0 Å². The molecule has 2 aromatic carbocycles. The van der Waals surface area contributed by atoms with Gasteiger partial charge in [-0.25, -0.2) is 4.98 Å². The van der Waals surface area contributed by atoms with Gasteiger partial charge in [0.1, 0.15) is 17.1 Å². The van der Waals surface area contributed by atoms with E-state index in [9.17, 15) is 4.79 Å². The highest BCUT2D eigenvalue weighted by molar-refractivity contribution is 5.93. The number of carbonyl (C=O) groups excluding carboxylic acids is 1. The van der Waals surface area contributed by atoms with E-state index in [2.05, 4.69) is 16.4 Å². The van der Waals surface area contributed by atoms with E-state index in [0.29, 0.717) is 12.2 Å². The number of hydrogen-bond donors (Lipinski definition) is 1. The van der Waals surface area contributed by atoms with Crippen molar-refractivity contribution in [3.63, 3.8) is 0 Å². The normalized spacial score (nSPS) is 10.9. The van der Waals surface area contributed by atoms with E-state index in [4.69, 9.17) is 4.74 Å². The smallest absolute Gasteiger partial charge is 0.271 e. The van der Waals surface area contributed by atoms with E-state index >= 15 is 0 Å². The van der Waals surface area contributed by atoms with Crippen LogP contribution in [0.3, 0.4) is 0 Å². The highest BCUT2D eigenvalue weighted by Crippen LogP contribution is 2.21. The number of amides is 1. The lowest BCUT2D eigenvalue weighted by Crippen LogP contribution is -2.23. The maximum Gasteiger partial charge on any atom is 0.271 e. The van der Waals surface area contributed by atoms with Crippen LogP contribution in [-0.4, -0.2) is 22.4 Å². The average Bonchev–Trinajstić information content (AvgIpc) is 3.10. The van der Waals surface area contributed by atoms with E-state index in [1.807, 2.05) is 59.1 Å². The molecule has 0 aliphatic carbocycles. The van der Waals surface area contributed by atoms with Crippen LogP contribution < -0.4 is 10.1 Å². The maximum absolute atomic E-state index is 12.3. The molecule has 4 aromatic rings. The quantitative estimate of drug-likeness (QED) is 0.623. The first-order valence-electron chi connectivity index (χ1n) is 8.01. The fraction of sp³-hybridized carbons (Fsp3) is 0.100. The number of imidazole rings is 1. The van der Waals surface area contributed by atoms with Gasteiger partial charge in [-0.2, -0.15) is 0 Å². The summed E-state index contributed by atoms with van der Waals surface area (Å²) >= 11 is 0. The maximum atomic E-state index is 12.3. The van der Waals surface area contributed by atoms with E-state index in [1.54, 1.807) is 13.3 Å². The van der Waals surface area contributed by atoms with Crippen LogP contribution in [0.2, 0.25) is 0 Å². The molecular formula is C20H17N3O2. The molecule has 0 aliphatic rings. The predicted octanol–water partition coefficient (Wildman–Crippen LogP) is 3.43. The van der Waals surface area contributed by atoms with Gasteiger partial charge >= 0.3 is 0 Å². The summed E-state index contributed by atoms with van der Waals surface area (Å²) in [4.78, 5) is 16.7. The zero-order valence-electron chi connectivity index (χ0n) is 13.8. The number of fused-ring (bicyclic) bond motifs is 2. The summed E-state index contributed by atoms with van der Waals surface area (Å²) in [5.41, 5.74) is 2.21. The summed E-state index contributed by atoms with van der Waals surface area (Å²) in [6.45, 7) is 0.453. The Balaban J connectivity index is 1.50. The monoisotopic (exact) mass is 331 g/mol. The lowest BCUT2D eigenvalue weighted by Gasteiger charge is -2.07. The topological polar surface area (TPSA) is 55.6 Å². The van der Waals surface area contributed by atoms with Gasteiger partial charge in [0.15, 0.2) is 0 Å². The molecule has 0 fully saturated rings. The molecule has 0 unspecified atom stereocenters. The first kappa shape index (κ1) is 15.2. The summed E-state index contributed by atoms with van der Waals surface area (Å²) in [5, 5.41) is 5.14. The van der Waals surface area contributed by atoms with Gasteiger partial charge in [0.25, 0.3) is 5.91 Å². The van der Waals surface area contributed by atoms with E-state index in [0.717, 1.165) is 27.7 Å². The number of benzene rings is 2. The van der Waals surface area contributed by atoms with Crippen LogP contribution in [0.1, 0.15) is 16.1 Å². The van der Waals surface area contributed by atoms with Crippen molar-refractivity contribution in [3.8, 4) is 5.75 Å². The zero-order chi connectivity index (χ0) is 17.2. The molecule has 1 amide bonds. The molecule has 0 saturated carbocycles. The third kappa shape index (κ3) is 3.04. The van der Waals surface area contributed by atoms with Gasteiger partial charge in [-0.3, -0.25) is 4.79 Å². The Morgan fingerprint density at radius 1 is 1.12 bits per heavy atom. The van der Waals surface area contributed by atoms with Crippen molar-refractivity contribution >= 4 is 22.3 Å². The first-order valence-corrected chi connectivity index (χ1v) is 8.01. The van der Waals surface area contributed by atoms with Gasteiger partial charge in [-0.05, 0) is 46.7 Å². The highest BCUT2D eigenvalue weighted by atomic mass is 16.5. The summed E-state index contributed by atoms with van der Waals surface area (Å²) in [6.07, 6.45) is 3.61. The summed E-state index contributed by atoms with van der Waals surface area (Å²) in [7, 11) is 1.66. The van der Waals surface area contributed by atoms with Gasteiger partial charge in [0.2, 0.25) is 0 Å². The number of methoxy groups -OCH3 is 1. The van der Waals surface area contributed by atoms with E-state index in [1.165, 1.54) is 0 Å². The zero-order valence-corrected chi connectivity index (χ0v) is 13.8. The average molecular weight is 331 g/mol. The summed E-state index contributed by atoms with van der Waals surface area (Å²) in [6, 6.07) is 17.7. The number of pyridine rings is 1. The first-order chi connectivity index (χ1) is 12.2. The molecule has 2 heterocycles. The standard InChI is InChI=1S/C20H17N3O2/c1-25-17-8-7-15-10-14(5-6-16(15)11-17)12-21-20(24)18-13-23-9-3-2-4-19(23)22-18/h2-11,13H,12H2,1H3,(H,21,24). The number of nitrogens with zero attached hydrogens (tertiary/aromatic N) is 2. The van der Waals surface area contributed by atoms with Gasteiger partial charge in [-0.15, -0.1) is 0 Å². The SMILES string of the molecule is COc1ccc2cc(CNC(=O)c3cn4ccccc4n3)ccc2c1. The van der Waals surface area contributed by atoms with Crippen molar-refractivity contribution in [2.45, 2.75) is 6.54 Å². The van der Waals surface area contributed by atoms with Crippen LogP contribution in [-0.2, 0) is 6.54 Å². The third-order valence-corrected chi connectivity index (χ3v) is 4.16. The minimum absolute atomic E-state index is 0.182. The molecule has 1 N–H and O–H groups in total. The number of ether oxygens (including phenoxy) is 1. The molecular weight excluding hydrogens is 314 g/mol. The van der Waals surface area contributed by atoms with Crippen molar-refractivity contribution in [2.24, 2.45) is 0 Å². The van der Waals surface area contributed by atoms with Gasteiger partial charge in [0, 0.05) is 18.9 Å². The largest absolute Gasteiger partial charge is 0.497 e. The highest BCUT2D eigenvalue weighted by Gasteiger charge is 2.10. The number of carbonyl (C=O) groups is 1. The minimum Gasteiger partial charge on any atom is -0.497 e. The van der Waals surface area contributed by atoms with Crippen molar-refractivity contribution in [2.75, 3.05) is 7.11 Å². The van der Waals surface area contributed by atoms with Crippen LogP contribution >= 0.6 is 0 Å². The Morgan fingerprint density at radius 2 is 1.96 bits per heavy atom. The van der Waals surface area contributed by atoms with Crippen molar-refractivity contribution in [3.05, 3.63) is 78.2 Å². The number of hydrogen-bond acceptors (Lipinski definition) is 3. The molecule has 0 aliphatic heterocycles. The van der Waals surface area contributed by atoms with Crippen LogP contribution in [0, 0.1) is 0 Å². The second kappa shape index (κ2) is 6.28. The number of aromatic nitrogens is 2. The fourth-order valence-electron chi connectivity index (χ4n) is 2.83. The lowest BCUT2D eigenvalue weighted by molar-refractivity contribution is 0.0946.